The Morgan fingerprint density at radius 2 is 1.95 bits per heavy atom. The number of benzene rings is 1. The number of nitrogens with two attached hydrogens (primary N) is 1. The molecule has 2 N–H and O–H groups in total. The van der Waals surface area contributed by atoms with Crippen LogP contribution >= 0.6 is 0 Å². The first-order valence-corrected chi connectivity index (χ1v) is 7.56. The number of rotatable bonds is 3. The second kappa shape index (κ2) is 6.40. The molecule has 1 fully saturated rings. The molecule has 110 valence electrons. The Hall–Kier alpha value is -1.35. The average Bonchev–Trinajstić information content (AvgIpc) is 2.60. The molecule has 1 aliphatic heterocycles. The standard InChI is InChI=1S/C17H26N2O/c1-17(2)9-6-11-19(12-10-17)16(20)13-15(18)14-7-4-3-5-8-14/h3-5,7-8,15H,6,9-13,18H2,1-2H3. The SMILES string of the molecule is CC1(C)CCCN(C(=O)CC(N)c2ccccc2)CC1. The first kappa shape index (κ1) is 15.0. The summed E-state index contributed by atoms with van der Waals surface area (Å²) < 4.78 is 0. The molecule has 2 rings (SSSR count). The molecule has 0 bridgehead atoms. The lowest BCUT2D eigenvalue weighted by atomic mass is 9.85. The van der Waals surface area contributed by atoms with E-state index in [0.29, 0.717) is 11.8 Å². The van der Waals surface area contributed by atoms with Crippen LogP contribution in [-0.4, -0.2) is 23.9 Å². The van der Waals surface area contributed by atoms with E-state index in [0.717, 1.165) is 31.5 Å². The largest absolute Gasteiger partial charge is 0.343 e. The summed E-state index contributed by atoms with van der Waals surface area (Å²) in [6, 6.07) is 9.68. The van der Waals surface area contributed by atoms with E-state index >= 15 is 0 Å². The van der Waals surface area contributed by atoms with Crippen molar-refractivity contribution in [3.63, 3.8) is 0 Å². The van der Waals surface area contributed by atoms with Crippen LogP contribution in [0.25, 0.3) is 0 Å². The van der Waals surface area contributed by atoms with Crippen LogP contribution in [0.5, 0.6) is 0 Å². The third kappa shape index (κ3) is 4.07. The first-order valence-electron chi connectivity index (χ1n) is 7.56. The van der Waals surface area contributed by atoms with Gasteiger partial charge in [-0.1, -0.05) is 44.2 Å². The highest BCUT2D eigenvalue weighted by Crippen LogP contribution is 2.30. The molecule has 1 saturated heterocycles. The van der Waals surface area contributed by atoms with Crippen molar-refractivity contribution in [1.82, 2.24) is 4.90 Å². The van der Waals surface area contributed by atoms with E-state index in [9.17, 15) is 4.79 Å². The van der Waals surface area contributed by atoms with Gasteiger partial charge in [-0.15, -0.1) is 0 Å². The van der Waals surface area contributed by atoms with Crippen molar-refractivity contribution >= 4 is 5.91 Å². The first-order chi connectivity index (χ1) is 9.48. The molecule has 0 aromatic heterocycles. The van der Waals surface area contributed by atoms with Crippen LogP contribution in [-0.2, 0) is 4.79 Å². The lowest BCUT2D eigenvalue weighted by molar-refractivity contribution is -0.131. The normalized spacial score (nSPS) is 20.2. The molecule has 3 nitrogen and oxygen atoms in total. The highest BCUT2D eigenvalue weighted by Gasteiger charge is 2.26. The summed E-state index contributed by atoms with van der Waals surface area (Å²) in [5, 5.41) is 0. The number of likely N-dealkylation sites (tertiary alicyclic amines) is 1. The summed E-state index contributed by atoms with van der Waals surface area (Å²) in [6.07, 6.45) is 3.78. The molecule has 1 atom stereocenters. The number of carbonyl (C=O) groups excluding carboxylic acids is 1. The topological polar surface area (TPSA) is 46.3 Å². The predicted molar refractivity (Wildman–Crippen MR) is 82.2 cm³/mol. The molecule has 1 unspecified atom stereocenters. The van der Waals surface area contributed by atoms with Crippen molar-refractivity contribution < 1.29 is 4.79 Å². The molecule has 1 heterocycles. The van der Waals surface area contributed by atoms with Crippen LogP contribution in [0.15, 0.2) is 30.3 Å². The highest BCUT2D eigenvalue weighted by atomic mass is 16.2. The summed E-state index contributed by atoms with van der Waals surface area (Å²) in [4.78, 5) is 14.4. The molecule has 1 aliphatic rings. The van der Waals surface area contributed by atoms with Crippen LogP contribution < -0.4 is 5.73 Å². The fraction of sp³-hybridized carbons (Fsp3) is 0.588. The second-order valence-corrected chi connectivity index (χ2v) is 6.62. The van der Waals surface area contributed by atoms with Gasteiger partial charge in [0.25, 0.3) is 0 Å². The van der Waals surface area contributed by atoms with E-state index in [4.69, 9.17) is 5.73 Å². The summed E-state index contributed by atoms with van der Waals surface area (Å²) >= 11 is 0. The van der Waals surface area contributed by atoms with Crippen LogP contribution in [0.4, 0.5) is 0 Å². The van der Waals surface area contributed by atoms with E-state index in [1.165, 1.54) is 6.42 Å². The molecular weight excluding hydrogens is 248 g/mol. The Balaban J connectivity index is 1.91. The van der Waals surface area contributed by atoms with Gasteiger partial charge in [-0.2, -0.15) is 0 Å². The Morgan fingerprint density at radius 3 is 2.65 bits per heavy atom. The summed E-state index contributed by atoms with van der Waals surface area (Å²) in [7, 11) is 0. The van der Waals surface area contributed by atoms with Crippen molar-refractivity contribution in [2.45, 2.75) is 45.6 Å². The Kier molecular flexibility index (Phi) is 4.81. The molecule has 1 aromatic rings. The Bertz CT molecular complexity index is 442. The number of carbonyl (C=O) groups is 1. The van der Waals surface area contributed by atoms with Crippen molar-refractivity contribution in [1.29, 1.82) is 0 Å². The van der Waals surface area contributed by atoms with Gasteiger partial charge in [-0.05, 0) is 30.2 Å². The molecule has 1 amide bonds. The third-order valence-corrected chi connectivity index (χ3v) is 4.32. The van der Waals surface area contributed by atoms with Crippen molar-refractivity contribution in [3.05, 3.63) is 35.9 Å². The second-order valence-electron chi connectivity index (χ2n) is 6.62. The molecular formula is C17H26N2O. The zero-order chi connectivity index (χ0) is 14.6. The van der Waals surface area contributed by atoms with E-state index in [-0.39, 0.29) is 11.9 Å². The smallest absolute Gasteiger partial charge is 0.224 e. The molecule has 1 aromatic carbocycles. The van der Waals surface area contributed by atoms with Gasteiger partial charge in [-0.3, -0.25) is 4.79 Å². The average molecular weight is 274 g/mol. The van der Waals surface area contributed by atoms with E-state index < -0.39 is 0 Å². The Labute approximate surface area is 122 Å². The lowest BCUT2D eigenvalue weighted by Gasteiger charge is -2.24. The minimum Gasteiger partial charge on any atom is -0.343 e. The maximum absolute atomic E-state index is 12.4. The minimum absolute atomic E-state index is 0.194. The van der Waals surface area contributed by atoms with Gasteiger partial charge < -0.3 is 10.6 Å². The Morgan fingerprint density at radius 1 is 1.25 bits per heavy atom. The van der Waals surface area contributed by atoms with Crippen LogP contribution in [0.1, 0.15) is 51.1 Å². The third-order valence-electron chi connectivity index (χ3n) is 4.32. The molecule has 0 radical (unpaired) electrons. The van der Waals surface area contributed by atoms with Crippen molar-refractivity contribution in [2.24, 2.45) is 11.1 Å². The zero-order valence-electron chi connectivity index (χ0n) is 12.6. The monoisotopic (exact) mass is 274 g/mol. The van der Waals surface area contributed by atoms with Gasteiger partial charge in [0.2, 0.25) is 5.91 Å². The minimum atomic E-state index is -0.194. The predicted octanol–water partition coefficient (Wildman–Crippen LogP) is 3.12. The van der Waals surface area contributed by atoms with E-state index in [2.05, 4.69) is 13.8 Å². The highest BCUT2D eigenvalue weighted by molar-refractivity contribution is 5.77. The molecule has 0 aliphatic carbocycles. The van der Waals surface area contributed by atoms with Gasteiger partial charge in [0, 0.05) is 25.6 Å². The molecule has 0 saturated carbocycles. The summed E-state index contributed by atoms with van der Waals surface area (Å²) in [5.41, 5.74) is 7.54. The van der Waals surface area contributed by atoms with Gasteiger partial charge in [-0.25, -0.2) is 0 Å². The summed E-state index contributed by atoms with van der Waals surface area (Å²) in [5.74, 6) is 0.194. The number of hydrogen-bond acceptors (Lipinski definition) is 2. The fourth-order valence-corrected chi connectivity index (χ4v) is 2.81. The fourth-order valence-electron chi connectivity index (χ4n) is 2.81. The van der Waals surface area contributed by atoms with Gasteiger partial charge in [0.15, 0.2) is 0 Å². The van der Waals surface area contributed by atoms with Crippen LogP contribution in [0.3, 0.4) is 0 Å². The quantitative estimate of drug-likeness (QED) is 0.920. The number of amides is 1. The van der Waals surface area contributed by atoms with E-state index in [1.807, 2.05) is 35.2 Å². The van der Waals surface area contributed by atoms with Crippen LogP contribution in [0.2, 0.25) is 0 Å². The number of hydrogen-bond donors (Lipinski definition) is 1. The molecule has 3 heteroatoms. The van der Waals surface area contributed by atoms with Gasteiger partial charge >= 0.3 is 0 Å². The van der Waals surface area contributed by atoms with E-state index in [1.54, 1.807) is 0 Å². The maximum Gasteiger partial charge on any atom is 0.224 e. The van der Waals surface area contributed by atoms with Gasteiger partial charge in [0.1, 0.15) is 0 Å². The van der Waals surface area contributed by atoms with Gasteiger partial charge in [0.05, 0.1) is 0 Å². The maximum atomic E-state index is 12.4. The van der Waals surface area contributed by atoms with Crippen LogP contribution in [0, 0.1) is 5.41 Å². The zero-order valence-corrected chi connectivity index (χ0v) is 12.6. The molecule has 0 spiro atoms. The molecule has 20 heavy (non-hydrogen) atoms. The number of nitrogens with zero attached hydrogens (tertiary/aromatic N) is 1. The van der Waals surface area contributed by atoms with Crippen molar-refractivity contribution in [3.8, 4) is 0 Å². The van der Waals surface area contributed by atoms with Crippen molar-refractivity contribution in [2.75, 3.05) is 13.1 Å². The summed E-state index contributed by atoms with van der Waals surface area (Å²) in [6.45, 7) is 6.32. The lowest BCUT2D eigenvalue weighted by Crippen LogP contribution is -2.34.